The van der Waals surface area contributed by atoms with Crippen LogP contribution in [0.3, 0.4) is 0 Å². The molecule has 0 aliphatic rings. The highest BCUT2D eigenvalue weighted by Gasteiger charge is 2.20. The van der Waals surface area contributed by atoms with Crippen LogP contribution in [0.2, 0.25) is 0 Å². The SMILES string of the molecule is CCCCc1nc2cc(S(=O)(=O)N(C)C)ccc2n1Cc1ccc(-c2ccccc2OC(=O)NS(C)(=O)=O)cc1. The lowest BCUT2D eigenvalue weighted by Gasteiger charge is -2.13. The van der Waals surface area contributed by atoms with Gasteiger partial charge in [0.1, 0.15) is 11.6 Å². The van der Waals surface area contributed by atoms with Crippen LogP contribution in [0.1, 0.15) is 31.2 Å². The summed E-state index contributed by atoms with van der Waals surface area (Å²) in [6, 6.07) is 19.6. The van der Waals surface area contributed by atoms with E-state index in [1.165, 1.54) is 18.4 Å². The summed E-state index contributed by atoms with van der Waals surface area (Å²) >= 11 is 0. The standard InChI is InChI=1S/C28H32N4O6S2/c1-5-6-11-27-29-24-18-22(40(36,37)31(2)3)16-17-25(24)32(27)19-20-12-14-21(15-13-20)23-9-7-8-10-26(23)38-28(33)30-39(4,34)35/h7-10,12-18H,5-6,11,19H2,1-4H3,(H,30,33). The lowest BCUT2D eigenvalue weighted by Crippen LogP contribution is -2.32. The summed E-state index contributed by atoms with van der Waals surface area (Å²) in [6.07, 6.45) is 2.51. The number of para-hydroxylation sites is 1. The third-order valence-corrected chi connectivity index (χ3v) is 8.64. The molecule has 0 fully saturated rings. The van der Waals surface area contributed by atoms with Crippen molar-refractivity contribution < 1.29 is 26.4 Å². The lowest BCUT2D eigenvalue weighted by atomic mass is 10.0. The minimum Gasteiger partial charge on any atom is -0.409 e. The molecule has 3 aromatic carbocycles. The van der Waals surface area contributed by atoms with Crippen molar-refractivity contribution in [3.8, 4) is 16.9 Å². The lowest BCUT2D eigenvalue weighted by molar-refractivity contribution is 0.207. The highest BCUT2D eigenvalue weighted by molar-refractivity contribution is 7.89. The number of carbonyl (C=O) groups excluding carboxylic acids is 1. The predicted octanol–water partition coefficient (Wildman–Crippen LogP) is 4.39. The highest BCUT2D eigenvalue weighted by atomic mass is 32.2. The number of ether oxygens (including phenoxy) is 1. The fraction of sp³-hybridized carbons (Fsp3) is 0.286. The number of aryl methyl sites for hydroxylation is 1. The number of fused-ring (bicyclic) bond motifs is 1. The second-order valence-electron chi connectivity index (χ2n) is 9.61. The Kier molecular flexibility index (Phi) is 8.62. The smallest absolute Gasteiger partial charge is 0.409 e. The predicted molar refractivity (Wildman–Crippen MR) is 154 cm³/mol. The van der Waals surface area contributed by atoms with Gasteiger partial charge in [0.2, 0.25) is 20.0 Å². The minimum atomic E-state index is -3.75. The van der Waals surface area contributed by atoms with Gasteiger partial charge in [-0.15, -0.1) is 0 Å². The number of hydrogen-bond acceptors (Lipinski definition) is 7. The Morgan fingerprint density at radius 2 is 1.70 bits per heavy atom. The van der Waals surface area contributed by atoms with Crippen molar-refractivity contribution in [1.82, 2.24) is 18.6 Å². The highest BCUT2D eigenvalue weighted by Crippen LogP contribution is 2.31. The molecule has 40 heavy (non-hydrogen) atoms. The number of unbranched alkanes of at least 4 members (excludes halogenated alkanes) is 1. The minimum absolute atomic E-state index is 0.201. The van der Waals surface area contributed by atoms with Crippen molar-refractivity contribution >= 4 is 37.2 Å². The first-order valence-corrected chi connectivity index (χ1v) is 16.0. The number of hydrogen-bond donors (Lipinski definition) is 1. The van der Waals surface area contributed by atoms with E-state index in [-0.39, 0.29) is 10.6 Å². The van der Waals surface area contributed by atoms with Crippen LogP contribution in [-0.2, 0) is 33.0 Å². The molecule has 0 aliphatic heterocycles. The molecule has 12 heteroatoms. The van der Waals surface area contributed by atoms with E-state index in [0.717, 1.165) is 48.0 Å². The summed E-state index contributed by atoms with van der Waals surface area (Å²) in [7, 11) is -4.33. The molecule has 0 bridgehead atoms. The first-order valence-electron chi connectivity index (χ1n) is 12.7. The van der Waals surface area contributed by atoms with Crippen LogP contribution < -0.4 is 9.46 Å². The summed E-state index contributed by atoms with van der Waals surface area (Å²) < 4.78 is 58.4. The Morgan fingerprint density at radius 3 is 2.35 bits per heavy atom. The normalized spacial score (nSPS) is 12.1. The molecule has 1 heterocycles. The van der Waals surface area contributed by atoms with Crippen LogP contribution in [-0.4, -0.2) is 57.1 Å². The summed E-state index contributed by atoms with van der Waals surface area (Å²) in [4.78, 5) is 17.0. The molecule has 4 aromatic rings. The Bertz CT molecular complexity index is 1750. The average Bonchev–Trinajstić information content (AvgIpc) is 3.23. The number of benzene rings is 3. The van der Waals surface area contributed by atoms with Gasteiger partial charge in [-0.3, -0.25) is 0 Å². The zero-order valence-electron chi connectivity index (χ0n) is 22.8. The van der Waals surface area contributed by atoms with Gasteiger partial charge < -0.3 is 9.30 Å². The van der Waals surface area contributed by atoms with E-state index in [1.54, 1.807) is 47.2 Å². The summed E-state index contributed by atoms with van der Waals surface area (Å²) in [5.74, 6) is 1.11. The maximum Gasteiger partial charge on any atom is 0.426 e. The Labute approximate surface area is 234 Å². The fourth-order valence-electron chi connectivity index (χ4n) is 4.27. The molecule has 10 nitrogen and oxygen atoms in total. The molecule has 1 aromatic heterocycles. The zero-order valence-corrected chi connectivity index (χ0v) is 24.4. The van der Waals surface area contributed by atoms with Crippen molar-refractivity contribution in [2.75, 3.05) is 20.4 Å². The number of aromatic nitrogens is 2. The Morgan fingerprint density at radius 1 is 1.00 bits per heavy atom. The Balaban J connectivity index is 1.64. The molecule has 0 saturated heterocycles. The summed E-state index contributed by atoms with van der Waals surface area (Å²) in [6.45, 7) is 2.64. The molecule has 0 aliphatic carbocycles. The number of nitrogens with zero attached hydrogens (tertiary/aromatic N) is 3. The third-order valence-electron chi connectivity index (χ3n) is 6.30. The maximum atomic E-state index is 12.7. The fourth-order valence-corrected chi connectivity index (χ4v) is 5.54. The molecule has 1 amide bonds. The zero-order chi connectivity index (χ0) is 29.1. The van der Waals surface area contributed by atoms with Gasteiger partial charge in [-0.05, 0) is 41.8 Å². The van der Waals surface area contributed by atoms with Gasteiger partial charge in [-0.2, -0.15) is 0 Å². The first kappa shape index (κ1) is 29.2. The van der Waals surface area contributed by atoms with Crippen molar-refractivity contribution in [2.45, 2.75) is 37.6 Å². The largest absolute Gasteiger partial charge is 0.426 e. The van der Waals surface area contributed by atoms with E-state index in [0.29, 0.717) is 17.6 Å². The number of nitrogens with one attached hydrogen (secondary N) is 1. The van der Waals surface area contributed by atoms with Gasteiger partial charge >= 0.3 is 6.09 Å². The molecule has 1 N–H and O–H groups in total. The van der Waals surface area contributed by atoms with E-state index < -0.39 is 26.1 Å². The Hall–Kier alpha value is -3.74. The van der Waals surface area contributed by atoms with E-state index >= 15 is 0 Å². The molecule has 212 valence electrons. The van der Waals surface area contributed by atoms with Crippen LogP contribution >= 0.6 is 0 Å². The van der Waals surface area contributed by atoms with Crippen molar-refractivity contribution in [3.05, 3.63) is 78.1 Å². The number of sulfonamides is 2. The van der Waals surface area contributed by atoms with Gasteiger partial charge in [0.25, 0.3) is 0 Å². The topological polar surface area (TPSA) is 128 Å². The molecule has 0 atom stereocenters. The van der Waals surface area contributed by atoms with Crippen molar-refractivity contribution in [2.24, 2.45) is 0 Å². The quantitative estimate of drug-likeness (QED) is 0.293. The number of carbonyl (C=O) groups is 1. The van der Waals surface area contributed by atoms with Crippen molar-refractivity contribution in [3.63, 3.8) is 0 Å². The number of amides is 1. The maximum absolute atomic E-state index is 12.7. The summed E-state index contributed by atoms with van der Waals surface area (Å²) in [5.41, 5.74) is 3.89. The molecular formula is C28H32N4O6S2. The van der Waals surface area contributed by atoms with Gasteiger partial charge in [-0.25, -0.2) is 35.6 Å². The van der Waals surface area contributed by atoms with Crippen LogP contribution in [0.15, 0.2) is 71.6 Å². The average molecular weight is 585 g/mol. The van der Waals surface area contributed by atoms with Crippen LogP contribution in [0.4, 0.5) is 4.79 Å². The molecule has 0 spiro atoms. The van der Waals surface area contributed by atoms with Crippen molar-refractivity contribution in [1.29, 1.82) is 0 Å². The van der Waals surface area contributed by atoms with Crippen LogP contribution in [0, 0.1) is 0 Å². The second-order valence-corrected chi connectivity index (χ2v) is 13.5. The van der Waals surface area contributed by atoms with Gasteiger partial charge in [0, 0.05) is 32.6 Å². The van der Waals surface area contributed by atoms with E-state index in [2.05, 4.69) is 11.5 Å². The number of imidazole rings is 1. The number of rotatable bonds is 10. The van der Waals surface area contributed by atoms with Crippen LogP contribution in [0.25, 0.3) is 22.2 Å². The van der Waals surface area contributed by atoms with E-state index in [4.69, 9.17) is 9.72 Å². The molecule has 0 unspecified atom stereocenters. The first-order chi connectivity index (χ1) is 18.9. The van der Waals surface area contributed by atoms with E-state index in [1.807, 2.05) is 24.3 Å². The molecular weight excluding hydrogens is 552 g/mol. The van der Waals surface area contributed by atoms with Gasteiger partial charge in [-0.1, -0.05) is 55.8 Å². The van der Waals surface area contributed by atoms with Crippen LogP contribution in [0.5, 0.6) is 5.75 Å². The van der Waals surface area contributed by atoms with Gasteiger partial charge in [0.05, 0.1) is 22.2 Å². The van der Waals surface area contributed by atoms with E-state index in [9.17, 15) is 21.6 Å². The summed E-state index contributed by atoms with van der Waals surface area (Å²) in [5, 5.41) is 0. The van der Waals surface area contributed by atoms with Gasteiger partial charge in [0.15, 0.2) is 0 Å². The molecule has 4 rings (SSSR count). The third kappa shape index (κ3) is 6.69. The molecule has 0 saturated carbocycles. The molecule has 0 radical (unpaired) electrons. The monoisotopic (exact) mass is 584 g/mol. The second kappa shape index (κ2) is 11.8.